The molecule has 2 aromatic rings. The molecule has 1 heterocycles. The van der Waals surface area contributed by atoms with Crippen molar-refractivity contribution in [2.45, 2.75) is 12.6 Å². The lowest BCUT2D eigenvalue weighted by Gasteiger charge is -2.16. The molecule has 0 unspecified atom stereocenters. The molecule has 2 aromatic carbocycles. The number of para-hydroxylation sites is 1. The van der Waals surface area contributed by atoms with E-state index in [2.05, 4.69) is 5.32 Å². The van der Waals surface area contributed by atoms with Crippen molar-refractivity contribution in [2.24, 2.45) is 5.92 Å². The molecule has 0 saturated carbocycles. The first kappa shape index (κ1) is 21.6. The van der Waals surface area contributed by atoms with Gasteiger partial charge in [0, 0.05) is 18.7 Å². The number of alkyl halides is 3. The van der Waals surface area contributed by atoms with Gasteiger partial charge in [-0.25, -0.2) is 0 Å². The second-order valence-electron chi connectivity index (χ2n) is 6.59. The van der Waals surface area contributed by atoms with E-state index in [0.717, 1.165) is 12.1 Å². The molecule has 6 nitrogen and oxygen atoms in total. The van der Waals surface area contributed by atoms with Gasteiger partial charge in [0.2, 0.25) is 5.91 Å². The van der Waals surface area contributed by atoms with Crippen LogP contribution < -0.4 is 10.2 Å². The molecule has 2 amide bonds. The fraction of sp³-hybridized carbons (Fsp3) is 0.250. The highest BCUT2D eigenvalue weighted by atomic mass is 35.5. The lowest BCUT2D eigenvalue weighted by atomic mass is 10.1. The lowest BCUT2D eigenvalue weighted by molar-refractivity contribution is -0.151. The van der Waals surface area contributed by atoms with E-state index in [1.807, 2.05) is 0 Å². The SMILES string of the molecule is O=C(COC(=O)[C@H]1CC(=O)N(c2ccccc2)C1)Nc1cc(C(F)(F)F)ccc1Cl. The predicted molar refractivity (Wildman–Crippen MR) is 103 cm³/mol. The van der Waals surface area contributed by atoms with Crippen molar-refractivity contribution in [1.29, 1.82) is 0 Å². The minimum absolute atomic E-state index is 0.0607. The summed E-state index contributed by atoms with van der Waals surface area (Å²) in [4.78, 5) is 37.8. The first-order valence-electron chi connectivity index (χ1n) is 8.84. The van der Waals surface area contributed by atoms with Crippen molar-refractivity contribution in [1.82, 2.24) is 0 Å². The second-order valence-corrected chi connectivity index (χ2v) is 7.00. The van der Waals surface area contributed by atoms with Crippen molar-refractivity contribution in [2.75, 3.05) is 23.4 Å². The highest BCUT2D eigenvalue weighted by molar-refractivity contribution is 6.33. The molecule has 1 saturated heterocycles. The summed E-state index contributed by atoms with van der Waals surface area (Å²) >= 11 is 5.81. The Morgan fingerprint density at radius 1 is 1.17 bits per heavy atom. The van der Waals surface area contributed by atoms with E-state index < -0.39 is 36.1 Å². The molecule has 30 heavy (non-hydrogen) atoms. The molecule has 1 aliphatic heterocycles. The van der Waals surface area contributed by atoms with Gasteiger partial charge in [-0.2, -0.15) is 13.2 Å². The maximum absolute atomic E-state index is 12.8. The van der Waals surface area contributed by atoms with Crippen LogP contribution in [0, 0.1) is 5.92 Å². The number of carbonyl (C=O) groups excluding carboxylic acids is 3. The number of carbonyl (C=O) groups is 3. The number of ether oxygens (including phenoxy) is 1. The van der Waals surface area contributed by atoms with Crippen LogP contribution in [0.1, 0.15) is 12.0 Å². The average molecular weight is 441 g/mol. The Balaban J connectivity index is 1.55. The number of hydrogen-bond donors (Lipinski definition) is 1. The van der Waals surface area contributed by atoms with Crippen LogP contribution in [0.3, 0.4) is 0 Å². The van der Waals surface area contributed by atoms with Gasteiger partial charge in [-0.05, 0) is 30.3 Å². The second kappa shape index (κ2) is 8.74. The van der Waals surface area contributed by atoms with E-state index in [1.54, 1.807) is 30.3 Å². The topological polar surface area (TPSA) is 75.7 Å². The molecule has 0 aliphatic carbocycles. The third-order valence-electron chi connectivity index (χ3n) is 4.44. The Morgan fingerprint density at radius 3 is 2.53 bits per heavy atom. The first-order valence-corrected chi connectivity index (χ1v) is 9.21. The molecule has 0 spiro atoms. The molecule has 0 aromatic heterocycles. The quantitative estimate of drug-likeness (QED) is 0.716. The third kappa shape index (κ3) is 5.10. The number of halogens is 4. The molecule has 3 rings (SSSR count). The molecule has 1 fully saturated rings. The smallest absolute Gasteiger partial charge is 0.416 e. The van der Waals surface area contributed by atoms with Crippen LogP contribution in [-0.2, 0) is 25.3 Å². The lowest BCUT2D eigenvalue weighted by Crippen LogP contribution is -2.28. The van der Waals surface area contributed by atoms with Crippen LogP contribution >= 0.6 is 11.6 Å². The van der Waals surface area contributed by atoms with Gasteiger partial charge < -0.3 is 15.0 Å². The van der Waals surface area contributed by atoms with Crippen LogP contribution in [0.15, 0.2) is 48.5 Å². The van der Waals surface area contributed by atoms with E-state index in [-0.39, 0.29) is 29.6 Å². The molecule has 0 radical (unpaired) electrons. The molecule has 1 N–H and O–H groups in total. The van der Waals surface area contributed by atoms with Crippen LogP contribution in [0.4, 0.5) is 24.5 Å². The Kier molecular flexibility index (Phi) is 6.31. The van der Waals surface area contributed by atoms with Gasteiger partial charge in [0.15, 0.2) is 6.61 Å². The summed E-state index contributed by atoms with van der Waals surface area (Å²) in [5.74, 6) is -2.59. The number of anilines is 2. The van der Waals surface area contributed by atoms with Crippen molar-refractivity contribution >= 4 is 40.8 Å². The van der Waals surface area contributed by atoms with E-state index in [0.29, 0.717) is 11.8 Å². The molecular formula is C20H16ClF3N2O4. The van der Waals surface area contributed by atoms with Gasteiger partial charge >= 0.3 is 12.1 Å². The Labute approximate surface area is 174 Å². The molecule has 1 aliphatic rings. The predicted octanol–water partition coefficient (Wildman–Crippen LogP) is 3.89. The minimum atomic E-state index is -4.60. The number of esters is 1. The largest absolute Gasteiger partial charge is 0.455 e. The summed E-state index contributed by atoms with van der Waals surface area (Å²) in [5, 5.41) is 2.09. The van der Waals surface area contributed by atoms with Crippen LogP contribution in [-0.4, -0.2) is 30.9 Å². The normalized spacial score (nSPS) is 16.5. The average Bonchev–Trinajstić information content (AvgIpc) is 3.09. The molecule has 1 atom stereocenters. The van der Waals surface area contributed by atoms with Gasteiger partial charge in [0.1, 0.15) is 0 Å². The zero-order chi connectivity index (χ0) is 21.9. The highest BCUT2D eigenvalue weighted by Gasteiger charge is 2.36. The van der Waals surface area contributed by atoms with Gasteiger partial charge in [-0.3, -0.25) is 14.4 Å². The van der Waals surface area contributed by atoms with Gasteiger partial charge in [0.05, 0.1) is 22.2 Å². The highest BCUT2D eigenvalue weighted by Crippen LogP contribution is 2.33. The van der Waals surface area contributed by atoms with Gasteiger partial charge in [-0.1, -0.05) is 29.8 Å². The minimum Gasteiger partial charge on any atom is -0.455 e. The maximum atomic E-state index is 12.8. The van der Waals surface area contributed by atoms with Gasteiger partial charge in [0.25, 0.3) is 5.91 Å². The standard InChI is InChI=1S/C20H16ClF3N2O4/c21-15-7-6-13(20(22,23)24)9-16(15)25-17(27)11-30-19(29)12-8-18(28)26(10-12)14-4-2-1-3-5-14/h1-7,9,12H,8,10-11H2,(H,25,27)/t12-/m0/s1. The number of rotatable bonds is 5. The van der Waals surface area contributed by atoms with Crippen molar-refractivity contribution in [3.05, 3.63) is 59.1 Å². The fourth-order valence-corrected chi connectivity index (χ4v) is 3.13. The number of benzene rings is 2. The maximum Gasteiger partial charge on any atom is 0.416 e. The summed E-state index contributed by atoms with van der Waals surface area (Å²) in [6, 6.07) is 11.3. The summed E-state index contributed by atoms with van der Waals surface area (Å²) in [7, 11) is 0. The summed E-state index contributed by atoms with van der Waals surface area (Å²) in [5.41, 5.74) is -0.585. The Bertz CT molecular complexity index is 966. The van der Waals surface area contributed by atoms with Crippen LogP contribution in [0.25, 0.3) is 0 Å². The Hall–Kier alpha value is -3.07. The number of nitrogens with one attached hydrogen (secondary N) is 1. The summed E-state index contributed by atoms with van der Waals surface area (Å²) in [6.07, 6.45) is -4.66. The van der Waals surface area contributed by atoms with E-state index in [1.165, 1.54) is 4.90 Å². The number of hydrogen-bond acceptors (Lipinski definition) is 4. The first-order chi connectivity index (χ1) is 14.1. The zero-order valence-corrected chi connectivity index (χ0v) is 16.2. The summed E-state index contributed by atoms with van der Waals surface area (Å²) < 4.78 is 43.3. The third-order valence-corrected chi connectivity index (χ3v) is 4.77. The monoisotopic (exact) mass is 440 g/mol. The van der Waals surface area contributed by atoms with Crippen LogP contribution in [0.5, 0.6) is 0 Å². The number of amides is 2. The van der Waals surface area contributed by atoms with E-state index >= 15 is 0 Å². The summed E-state index contributed by atoms with van der Waals surface area (Å²) in [6.45, 7) is -0.607. The van der Waals surface area contributed by atoms with E-state index in [4.69, 9.17) is 16.3 Å². The number of nitrogens with zero attached hydrogens (tertiary/aromatic N) is 1. The zero-order valence-electron chi connectivity index (χ0n) is 15.4. The molecular weight excluding hydrogens is 425 g/mol. The van der Waals surface area contributed by atoms with Crippen molar-refractivity contribution in [3.8, 4) is 0 Å². The molecule has 10 heteroatoms. The van der Waals surface area contributed by atoms with Crippen LogP contribution in [0.2, 0.25) is 5.02 Å². The fourth-order valence-electron chi connectivity index (χ4n) is 2.96. The van der Waals surface area contributed by atoms with Crippen molar-refractivity contribution in [3.63, 3.8) is 0 Å². The Morgan fingerprint density at radius 2 is 1.87 bits per heavy atom. The molecule has 0 bridgehead atoms. The van der Waals surface area contributed by atoms with Crippen molar-refractivity contribution < 1.29 is 32.3 Å². The van der Waals surface area contributed by atoms with Gasteiger partial charge in [-0.15, -0.1) is 0 Å². The van der Waals surface area contributed by atoms with E-state index in [9.17, 15) is 27.6 Å². The molecule has 158 valence electrons.